The highest BCUT2D eigenvalue weighted by molar-refractivity contribution is 6.30. The van der Waals surface area contributed by atoms with Crippen LogP contribution in [0.25, 0.3) is 0 Å². The second-order valence-corrected chi connectivity index (χ2v) is 6.21. The number of hydrogen-bond acceptors (Lipinski definition) is 6. The van der Waals surface area contributed by atoms with E-state index >= 15 is 0 Å². The van der Waals surface area contributed by atoms with Crippen molar-refractivity contribution in [2.45, 2.75) is 6.04 Å². The Kier molecular flexibility index (Phi) is 5.35. The topological polar surface area (TPSA) is 84.6 Å². The molecule has 0 aliphatic carbocycles. The summed E-state index contributed by atoms with van der Waals surface area (Å²) < 4.78 is 5.14. The minimum Gasteiger partial charge on any atom is -0.481 e. The van der Waals surface area contributed by atoms with Crippen molar-refractivity contribution < 1.29 is 9.53 Å². The van der Waals surface area contributed by atoms with Gasteiger partial charge in [-0.25, -0.2) is 4.98 Å². The van der Waals surface area contributed by atoms with Crippen molar-refractivity contribution in [1.29, 1.82) is 0 Å². The van der Waals surface area contributed by atoms with Gasteiger partial charge in [0.15, 0.2) is 0 Å². The van der Waals surface area contributed by atoms with Gasteiger partial charge in [-0.3, -0.25) is 9.69 Å². The van der Waals surface area contributed by atoms with Gasteiger partial charge in [-0.1, -0.05) is 23.7 Å². The number of hydrogen-bond donors (Lipinski definition) is 1. The van der Waals surface area contributed by atoms with E-state index in [1.807, 2.05) is 12.1 Å². The van der Waals surface area contributed by atoms with Crippen LogP contribution in [0.1, 0.15) is 11.6 Å². The number of nitrogens with two attached hydrogens (primary N) is 1. The van der Waals surface area contributed by atoms with Crippen molar-refractivity contribution in [3.05, 3.63) is 47.1 Å². The van der Waals surface area contributed by atoms with Gasteiger partial charge in [-0.05, 0) is 17.7 Å². The lowest BCUT2D eigenvalue weighted by Gasteiger charge is -2.38. The lowest BCUT2D eigenvalue weighted by atomic mass is 10.0. The molecule has 0 bridgehead atoms. The second-order valence-electron chi connectivity index (χ2n) is 5.78. The number of ether oxygens (including phenoxy) is 1. The van der Waals surface area contributed by atoms with E-state index in [0.717, 1.165) is 5.56 Å². The van der Waals surface area contributed by atoms with Crippen molar-refractivity contribution in [3.8, 4) is 5.88 Å². The average molecular weight is 362 g/mol. The summed E-state index contributed by atoms with van der Waals surface area (Å²) in [6, 6.07) is 8.47. The molecule has 1 aromatic heterocycles. The van der Waals surface area contributed by atoms with Crippen LogP contribution in [0.4, 0.5) is 5.95 Å². The molecule has 2 N–H and O–H groups in total. The summed E-state index contributed by atoms with van der Waals surface area (Å²) in [7, 11) is 1.58. The number of carbonyl (C=O) groups is 1. The van der Waals surface area contributed by atoms with E-state index < -0.39 is 6.04 Å². The zero-order valence-electron chi connectivity index (χ0n) is 13.9. The quantitative estimate of drug-likeness (QED) is 0.868. The number of piperazine rings is 1. The number of benzene rings is 1. The van der Waals surface area contributed by atoms with Gasteiger partial charge >= 0.3 is 0 Å². The maximum absolute atomic E-state index is 12.0. The van der Waals surface area contributed by atoms with Crippen LogP contribution >= 0.6 is 11.6 Å². The van der Waals surface area contributed by atoms with Crippen LogP contribution in [-0.4, -0.2) is 54.1 Å². The fraction of sp³-hybridized carbons (Fsp3) is 0.353. The van der Waals surface area contributed by atoms with Gasteiger partial charge in [0.1, 0.15) is 6.04 Å². The number of primary amides is 1. The van der Waals surface area contributed by atoms with Crippen molar-refractivity contribution in [2.75, 3.05) is 38.2 Å². The molecule has 1 aliphatic rings. The van der Waals surface area contributed by atoms with Crippen molar-refractivity contribution in [1.82, 2.24) is 14.9 Å². The minimum absolute atomic E-state index is 0.367. The van der Waals surface area contributed by atoms with Crippen LogP contribution in [0, 0.1) is 0 Å². The fourth-order valence-corrected chi connectivity index (χ4v) is 3.10. The molecule has 1 unspecified atom stereocenters. The molecule has 7 nitrogen and oxygen atoms in total. The molecule has 0 saturated carbocycles. The fourth-order valence-electron chi connectivity index (χ4n) is 2.98. The molecule has 1 saturated heterocycles. The normalized spacial score (nSPS) is 16.5. The van der Waals surface area contributed by atoms with E-state index in [1.165, 1.54) is 0 Å². The molecule has 0 spiro atoms. The molecular formula is C17H20ClN5O2. The highest BCUT2D eigenvalue weighted by Gasteiger charge is 2.29. The molecule has 1 aliphatic heterocycles. The highest BCUT2D eigenvalue weighted by Crippen LogP contribution is 2.24. The zero-order chi connectivity index (χ0) is 17.8. The van der Waals surface area contributed by atoms with Crippen molar-refractivity contribution in [3.63, 3.8) is 0 Å². The van der Waals surface area contributed by atoms with Gasteiger partial charge in [0.2, 0.25) is 17.7 Å². The van der Waals surface area contributed by atoms with Crippen LogP contribution in [0.3, 0.4) is 0 Å². The lowest BCUT2D eigenvalue weighted by Crippen LogP contribution is -2.50. The third-order valence-electron chi connectivity index (χ3n) is 4.24. The monoisotopic (exact) mass is 361 g/mol. The summed E-state index contributed by atoms with van der Waals surface area (Å²) in [5.74, 6) is 0.790. The standard InChI is InChI=1S/C17H20ClN5O2/c1-25-14-6-7-20-17(21-14)23-10-8-22(9-11-23)15(16(19)24)12-2-4-13(18)5-3-12/h2-7,15H,8-11H2,1H3,(H2,19,24). The molecule has 132 valence electrons. The Hall–Kier alpha value is -2.38. The van der Waals surface area contributed by atoms with Crippen LogP contribution in [-0.2, 0) is 4.79 Å². The van der Waals surface area contributed by atoms with E-state index in [9.17, 15) is 4.79 Å². The Morgan fingerprint density at radius 3 is 2.48 bits per heavy atom. The highest BCUT2D eigenvalue weighted by atomic mass is 35.5. The van der Waals surface area contributed by atoms with Crippen molar-refractivity contribution in [2.24, 2.45) is 5.73 Å². The summed E-state index contributed by atoms with van der Waals surface area (Å²) in [5.41, 5.74) is 6.50. The summed E-state index contributed by atoms with van der Waals surface area (Å²) in [6.07, 6.45) is 1.67. The number of amides is 1. The summed E-state index contributed by atoms with van der Waals surface area (Å²) in [5, 5.41) is 0.631. The van der Waals surface area contributed by atoms with Gasteiger partial charge < -0.3 is 15.4 Å². The first kappa shape index (κ1) is 17.4. The van der Waals surface area contributed by atoms with Crippen LogP contribution in [0.2, 0.25) is 5.02 Å². The van der Waals surface area contributed by atoms with E-state index in [-0.39, 0.29) is 5.91 Å². The maximum Gasteiger partial charge on any atom is 0.239 e. The molecule has 3 rings (SSSR count). The summed E-state index contributed by atoms with van der Waals surface area (Å²) in [6.45, 7) is 2.75. The minimum atomic E-state index is -0.467. The van der Waals surface area contributed by atoms with E-state index in [2.05, 4.69) is 19.8 Å². The number of carbonyl (C=O) groups excluding carboxylic acids is 1. The molecule has 1 atom stereocenters. The number of anilines is 1. The van der Waals surface area contributed by atoms with Crippen LogP contribution < -0.4 is 15.4 Å². The lowest BCUT2D eigenvalue weighted by molar-refractivity contribution is -0.123. The van der Waals surface area contributed by atoms with Gasteiger partial charge in [0.25, 0.3) is 0 Å². The molecule has 2 aromatic rings. The molecule has 25 heavy (non-hydrogen) atoms. The Bertz CT molecular complexity index is 732. The third kappa shape index (κ3) is 4.00. The number of rotatable bonds is 5. The van der Waals surface area contributed by atoms with E-state index in [1.54, 1.807) is 31.5 Å². The van der Waals surface area contributed by atoms with Crippen LogP contribution in [0.15, 0.2) is 36.5 Å². The zero-order valence-corrected chi connectivity index (χ0v) is 14.7. The van der Waals surface area contributed by atoms with Crippen molar-refractivity contribution >= 4 is 23.5 Å². The summed E-state index contributed by atoms with van der Waals surface area (Å²) in [4.78, 5) is 24.8. The molecule has 0 radical (unpaired) electrons. The Morgan fingerprint density at radius 1 is 1.20 bits per heavy atom. The van der Waals surface area contributed by atoms with E-state index in [0.29, 0.717) is 43.0 Å². The smallest absolute Gasteiger partial charge is 0.239 e. The number of halogens is 1. The second kappa shape index (κ2) is 7.67. The number of aromatic nitrogens is 2. The Labute approximate surface area is 151 Å². The maximum atomic E-state index is 12.0. The molecule has 1 aromatic carbocycles. The molecule has 1 amide bonds. The first-order valence-electron chi connectivity index (χ1n) is 7.99. The van der Waals surface area contributed by atoms with Gasteiger partial charge in [0, 0.05) is 43.5 Å². The van der Waals surface area contributed by atoms with Gasteiger partial charge in [0.05, 0.1) is 7.11 Å². The predicted octanol–water partition coefficient (Wildman–Crippen LogP) is 1.49. The Morgan fingerprint density at radius 2 is 1.88 bits per heavy atom. The van der Waals surface area contributed by atoms with E-state index in [4.69, 9.17) is 22.1 Å². The number of methoxy groups -OCH3 is 1. The molecule has 1 fully saturated rings. The first-order chi connectivity index (χ1) is 12.1. The third-order valence-corrected chi connectivity index (χ3v) is 4.50. The van der Waals surface area contributed by atoms with Gasteiger partial charge in [-0.2, -0.15) is 4.98 Å². The number of nitrogens with zero attached hydrogens (tertiary/aromatic N) is 4. The Balaban J connectivity index is 1.71. The molecule has 8 heteroatoms. The molecule has 2 heterocycles. The SMILES string of the molecule is COc1ccnc(N2CCN(C(C(N)=O)c3ccc(Cl)cc3)CC2)n1. The molecular weight excluding hydrogens is 342 g/mol. The van der Waals surface area contributed by atoms with Crippen LogP contribution in [0.5, 0.6) is 5.88 Å². The predicted molar refractivity (Wildman–Crippen MR) is 95.8 cm³/mol. The average Bonchev–Trinajstić information content (AvgIpc) is 2.64. The first-order valence-corrected chi connectivity index (χ1v) is 8.37. The summed E-state index contributed by atoms with van der Waals surface area (Å²) >= 11 is 5.93. The van der Waals surface area contributed by atoms with Gasteiger partial charge in [-0.15, -0.1) is 0 Å². The largest absolute Gasteiger partial charge is 0.481 e.